The number of pyridine rings is 1. The van der Waals surface area contributed by atoms with Gasteiger partial charge in [-0.2, -0.15) is 5.10 Å². The van der Waals surface area contributed by atoms with Crippen LogP contribution in [0.3, 0.4) is 0 Å². The Labute approximate surface area is 233 Å². The lowest BCUT2D eigenvalue weighted by Gasteiger charge is -2.37. The minimum Gasteiger partial charge on any atom is -0.494 e. The van der Waals surface area contributed by atoms with Crippen LogP contribution in [0.1, 0.15) is 41.0 Å². The molecule has 2 aromatic carbocycles. The van der Waals surface area contributed by atoms with Crippen LogP contribution in [0.4, 0.5) is 5.69 Å². The van der Waals surface area contributed by atoms with Gasteiger partial charge < -0.3 is 25.4 Å². The van der Waals surface area contributed by atoms with Gasteiger partial charge in [-0.15, -0.1) is 0 Å². The van der Waals surface area contributed by atoms with Crippen molar-refractivity contribution in [1.29, 1.82) is 0 Å². The molecule has 2 aromatic heterocycles. The van der Waals surface area contributed by atoms with Crippen molar-refractivity contribution in [2.24, 2.45) is 0 Å². The number of carbonyl (C=O) groups excluding carboxylic acids is 1. The van der Waals surface area contributed by atoms with E-state index in [9.17, 15) is 4.79 Å². The van der Waals surface area contributed by atoms with Crippen molar-refractivity contribution in [2.45, 2.75) is 31.3 Å². The molecule has 40 heavy (non-hydrogen) atoms. The molecule has 5 rings (SSSR count). The van der Waals surface area contributed by atoms with Crippen molar-refractivity contribution in [3.8, 4) is 17.1 Å². The third-order valence-electron chi connectivity index (χ3n) is 6.98. The molecule has 1 fully saturated rings. The zero-order valence-electron chi connectivity index (χ0n) is 22.7. The van der Waals surface area contributed by atoms with Gasteiger partial charge >= 0.3 is 0 Å². The Kier molecular flexibility index (Phi) is 9.00. The van der Waals surface area contributed by atoms with Gasteiger partial charge in [-0.25, -0.2) is 4.98 Å². The number of H-pyrrole nitrogens is 1. The average Bonchev–Trinajstić information content (AvgIpc) is 3.51. The number of nitrogens with zero attached hydrogens (tertiary/aromatic N) is 3. The van der Waals surface area contributed by atoms with Crippen LogP contribution in [0.25, 0.3) is 11.4 Å². The van der Waals surface area contributed by atoms with Gasteiger partial charge in [-0.1, -0.05) is 18.2 Å². The maximum atomic E-state index is 13.0. The summed E-state index contributed by atoms with van der Waals surface area (Å²) >= 11 is 0. The van der Waals surface area contributed by atoms with E-state index in [4.69, 9.17) is 14.5 Å². The fourth-order valence-corrected chi connectivity index (χ4v) is 4.78. The van der Waals surface area contributed by atoms with E-state index in [2.05, 4.69) is 31.1 Å². The van der Waals surface area contributed by atoms with Gasteiger partial charge in [-0.3, -0.25) is 14.9 Å². The molecule has 0 atom stereocenters. The Balaban J connectivity index is 1.23. The summed E-state index contributed by atoms with van der Waals surface area (Å²) in [5.41, 5.74) is 2.90. The number of ether oxygens (including phenoxy) is 2. The Morgan fingerprint density at radius 3 is 2.60 bits per heavy atom. The summed E-state index contributed by atoms with van der Waals surface area (Å²) in [5, 5.41) is 17.8. The molecule has 208 valence electrons. The SMILES string of the molecule is COCCCOc1ccc(CNC(=O)c2cccc(NC3(c4nc(-c5ccncc5)n[nH]4)CCNCC3)c2)cc1. The summed E-state index contributed by atoms with van der Waals surface area (Å²) in [5.74, 6) is 2.08. The largest absolute Gasteiger partial charge is 0.494 e. The number of rotatable bonds is 12. The zero-order valence-corrected chi connectivity index (χ0v) is 22.7. The molecule has 4 N–H and O–H groups in total. The highest BCUT2D eigenvalue weighted by Crippen LogP contribution is 2.33. The number of aromatic amines is 1. The highest BCUT2D eigenvalue weighted by molar-refractivity contribution is 5.95. The van der Waals surface area contributed by atoms with Crippen LogP contribution >= 0.6 is 0 Å². The molecular formula is C30H35N7O3. The molecule has 10 heteroatoms. The molecule has 1 amide bonds. The molecule has 3 heterocycles. The van der Waals surface area contributed by atoms with Crippen LogP contribution in [0.2, 0.25) is 0 Å². The van der Waals surface area contributed by atoms with E-state index in [1.807, 2.05) is 60.7 Å². The molecular weight excluding hydrogens is 506 g/mol. The van der Waals surface area contributed by atoms with Crippen LogP contribution in [0.15, 0.2) is 73.1 Å². The second-order valence-corrected chi connectivity index (χ2v) is 9.80. The fourth-order valence-electron chi connectivity index (χ4n) is 4.78. The molecule has 0 saturated carbocycles. The zero-order chi connectivity index (χ0) is 27.6. The van der Waals surface area contributed by atoms with Crippen molar-refractivity contribution in [3.05, 3.63) is 90.0 Å². The first-order valence-electron chi connectivity index (χ1n) is 13.6. The van der Waals surface area contributed by atoms with E-state index in [1.165, 1.54) is 0 Å². The molecule has 4 aromatic rings. The summed E-state index contributed by atoms with van der Waals surface area (Å²) < 4.78 is 10.7. The van der Waals surface area contributed by atoms with Crippen LogP contribution in [-0.2, 0) is 16.8 Å². The average molecular weight is 542 g/mol. The van der Waals surface area contributed by atoms with Crippen molar-refractivity contribution in [1.82, 2.24) is 30.8 Å². The highest BCUT2D eigenvalue weighted by Gasteiger charge is 2.37. The topological polar surface area (TPSA) is 126 Å². The predicted molar refractivity (Wildman–Crippen MR) is 153 cm³/mol. The van der Waals surface area contributed by atoms with E-state index < -0.39 is 5.54 Å². The third-order valence-corrected chi connectivity index (χ3v) is 6.98. The molecule has 0 unspecified atom stereocenters. The monoisotopic (exact) mass is 541 g/mol. The molecule has 10 nitrogen and oxygen atoms in total. The van der Waals surface area contributed by atoms with Crippen molar-refractivity contribution in [3.63, 3.8) is 0 Å². The summed E-state index contributed by atoms with van der Waals surface area (Å²) in [6.07, 6.45) is 5.94. The van der Waals surface area contributed by atoms with Gasteiger partial charge in [0.15, 0.2) is 11.6 Å². The maximum Gasteiger partial charge on any atom is 0.251 e. The third kappa shape index (κ3) is 6.83. The summed E-state index contributed by atoms with van der Waals surface area (Å²) in [4.78, 5) is 21.9. The molecule has 0 aliphatic carbocycles. The van der Waals surface area contributed by atoms with Gasteiger partial charge in [-0.05, 0) is 74.0 Å². The normalized spacial score (nSPS) is 14.4. The predicted octanol–water partition coefficient (Wildman–Crippen LogP) is 3.90. The van der Waals surface area contributed by atoms with Gasteiger partial charge in [0.2, 0.25) is 0 Å². The Bertz CT molecular complexity index is 1370. The summed E-state index contributed by atoms with van der Waals surface area (Å²) in [6.45, 7) is 3.39. The van der Waals surface area contributed by atoms with Crippen LogP contribution in [-0.4, -0.2) is 59.5 Å². The minimum atomic E-state index is -0.438. The quantitative estimate of drug-likeness (QED) is 0.199. The number of piperidine rings is 1. The van der Waals surface area contributed by atoms with Crippen LogP contribution < -0.4 is 20.7 Å². The first-order chi connectivity index (χ1) is 19.6. The molecule has 0 bridgehead atoms. The first kappa shape index (κ1) is 27.3. The number of hydrogen-bond acceptors (Lipinski definition) is 8. The van der Waals surface area contributed by atoms with E-state index in [1.54, 1.807) is 19.5 Å². The lowest BCUT2D eigenvalue weighted by Crippen LogP contribution is -2.46. The first-order valence-corrected chi connectivity index (χ1v) is 13.6. The van der Waals surface area contributed by atoms with E-state index in [0.29, 0.717) is 31.1 Å². The second kappa shape index (κ2) is 13.2. The van der Waals surface area contributed by atoms with Crippen LogP contribution in [0, 0.1) is 0 Å². The van der Waals surface area contributed by atoms with Crippen LogP contribution in [0.5, 0.6) is 5.75 Å². The number of benzene rings is 2. The Hall–Kier alpha value is -4.28. The highest BCUT2D eigenvalue weighted by atomic mass is 16.5. The lowest BCUT2D eigenvalue weighted by atomic mass is 9.87. The minimum absolute atomic E-state index is 0.137. The Morgan fingerprint density at radius 1 is 1.02 bits per heavy atom. The number of methoxy groups -OCH3 is 1. The molecule has 0 radical (unpaired) electrons. The van der Waals surface area contributed by atoms with Gasteiger partial charge in [0.05, 0.1) is 12.1 Å². The lowest BCUT2D eigenvalue weighted by molar-refractivity contribution is 0.0951. The van der Waals surface area contributed by atoms with Gasteiger partial charge in [0.25, 0.3) is 5.91 Å². The van der Waals surface area contributed by atoms with E-state index in [-0.39, 0.29) is 5.91 Å². The van der Waals surface area contributed by atoms with Crippen molar-refractivity contribution < 1.29 is 14.3 Å². The summed E-state index contributed by atoms with van der Waals surface area (Å²) in [7, 11) is 1.68. The number of hydrogen-bond donors (Lipinski definition) is 4. The van der Waals surface area contributed by atoms with Crippen molar-refractivity contribution in [2.75, 3.05) is 38.7 Å². The van der Waals surface area contributed by atoms with Crippen molar-refractivity contribution >= 4 is 11.6 Å². The smallest absolute Gasteiger partial charge is 0.251 e. The molecule has 1 aliphatic rings. The molecule has 0 spiro atoms. The number of anilines is 1. The number of nitrogens with one attached hydrogen (secondary N) is 4. The Morgan fingerprint density at radius 2 is 1.82 bits per heavy atom. The van der Waals surface area contributed by atoms with E-state index >= 15 is 0 Å². The number of amides is 1. The number of carbonyl (C=O) groups is 1. The fraction of sp³-hybridized carbons (Fsp3) is 0.333. The summed E-state index contributed by atoms with van der Waals surface area (Å²) in [6, 6.07) is 19.1. The standard InChI is InChI=1S/C30H35N7O3/c1-39-18-3-19-40-26-8-6-22(7-9-26)21-33-28(38)24-4-2-5-25(20-24)35-30(12-16-32-17-13-30)29-34-27(36-37-29)23-10-14-31-15-11-23/h2,4-11,14-15,20,32,35H,3,12-13,16-19,21H2,1H3,(H,33,38)(H,34,36,37). The maximum absolute atomic E-state index is 13.0. The molecule has 1 saturated heterocycles. The molecule has 1 aliphatic heterocycles. The van der Waals surface area contributed by atoms with E-state index in [0.717, 1.165) is 60.7 Å². The second-order valence-electron chi connectivity index (χ2n) is 9.80. The number of aromatic nitrogens is 4. The van der Waals surface area contributed by atoms with Gasteiger partial charge in [0.1, 0.15) is 5.75 Å². The van der Waals surface area contributed by atoms with Gasteiger partial charge in [0, 0.05) is 55.9 Å².